The Bertz CT molecular complexity index is 664. The van der Waals surface area contributed by atoms with E-state index in [-0.39, 0.29) is 24.2 Å². The van der Waals surface area contributed by atoms with E-state index in [4.69, 9.17) is 9.47 Å². The van der Waals surface area contributed by atoms with Gasteiger partial charge in [0.15, 0.2) is 0 Å². The minimum atomic E-state index is -0.505. The predicted octanol–water partition coefficient (Wildman–Crippen LogP) is 2.09. The number of esters is 1. The van der Waals surface area contributed by atoms with Crippen LogP contribution in [0.5, 0.6) is 5.75 Å². The van der Waals surface area contributed by atoms with Crippen molar-refractivity contribution in [3.63, 3.8) is 0 Å². The van der Waals surface area contributed by atoms with Crippen LogP contribution in [0, 0.1) is 5.92 Å². The van der Waals surface area contributed by atoms with E-state index < -0.39 is 5.60 Å². The van der Waals surface area contributed by atoms with Crippen LogP contribution in [0.2, 0.25) is 0 Å². The monoisotopic (exact) mass is 372 g/mol. The Balaban J connectivity index is 1.25. The Labute approximate surface area is 160 Å². The summed E-state index contributed by atoms with van der Waals surface area (Å²) in [6.45, 7) is 4.62. The second-order valence-corrected chi connectivity index (χ2v) is 7.83. The smallest absolute Gasteiger partial charge is 0.307 e. The molecular formula is C21H28N2O4. The number of para-hydroxylation sites is 1. The number of carbonyl (C=O) groups excluding carboxylic acids is 2. The van der Waals surface area contributed by atoms with Gasteiger partial charge in [-0.2, -0.15) is 0 Å². The van der Waals surface area contributed by atoms with Gasteiger partial charge in [-0.3, -0.25) is 14.5 Å². The third-order valence-electron chi connectivity index (χ3n) is 6.17. The maximum atomic E-state index is 13.1. The molecule has 1 saturated carbocycles. The molecule has 6 heteroatoms. The molecule has 1 spiro atoms. The number of hydrogen-bond acceptors (Lipinski definition) is 5. The molecule has 4 rings (SSSR count). The average molecular weight is 372 g/mol. The molecule has 3 aliphatic rings. The number of nitrogens with zero attached hydrogens (tertiary/aromatic N) is 2. The standard InChI is InChI=1S/C21H28N2O4/c24-19-16-18(21(27-19)8-4-5-9-21)20(25)23-12-10-22(11-13-23)14-15-26-17-6-2-1-3-7-17/h1-3,6-7,18H,4-5,8-16H2/t18-/m0/s1. The third-order valence-corrected chi connectivity index (χ3v) is 6.17. The van der Waals surface area contributed by atoms with Gasteiger partial charge in [0, 0.05) is 32.7 Å². The number of benzene rings is 1. The largest absolute Gasteiger partial charge is 0.492 e. The first-order valence-electron chi connectivity index (χ1n) is 10.1. The van der Waals surface area contributed by atoms with Gasteiger partial charge in [-0.25, -0.2) is 0 Å². The van der Waals surface area contributed by atoms with Gasteiger partial charge in [-0.1, -0.05) is 18.2 Å². The molecule has 2 saturated heterocycles. The normalized spacial score (nSPS) is 25.0. The summed E-state index contributed by atoms with van der Waals surface area (Å²) in [7, 11) is 0. The molecule has 2 heterocycles. The van der Waals surface area contributed by atoms with E-state index >= 15 is 0 Å². The molecule has 2 aliphatic heterocycles. The lowest BCUT2D eigenvalue weighted by Gasteiger charge is -2.38. The number of amides is 1. The summed E-state index contributed by atoms with van der Waals surface area (Å²) in [5.41, 5.74) is -0.505. The minimum Gasteiger partial charge on any atom is -0.492 e. The minimum absolute atomic E-state index is 0.114. The highest BCUT2D eigenvalue weighted by atomic mass is 16.6. The lowest BCUT2D eigenvalue weighted by atomic mass is 9.84. The topological polar surface area (TPSA) is 59.1 Å². The van der Waals surface area contributed by atoms with Crippen molar-refractivity contribution < 1.29 is 19.1 Å². The fourth-order valence-corrected chi connectivity index (χ4v) is 4.65. The van der Waals surface area contributed by atoms with Crippen LogP contribution in [0.3, 0.4) is 0 Å². The molecule has 0 bridgehead atoms. The summed E-state index contributed by atoms with van der Waals surface area (Å²) in [4.78, 5) is 29.2. The first kappa shape index (κ1) is 18.3. The van der Waals surface area contributed by atoms with Crippen molar-refractivity contribution in [2.24, 2.45) is 5.92 Å². The molecule has 1 atom stereocenters. The van der Waals surface area contributed by atoms with Crippen LogP contribution in [0.1, 0.15) is 32.1 Å². The number of rotatable bonds is 5. The van der Waals surface area contributed by atoms with Crippen LogP contribution in [0.15, 0.2) is 30.3 Å². The van der Waals surface area contributed by atoms with Gasteiger partial charge in [0.05, 0.1) is 12.3 Å². The van der Waals surface area contributed by atoms with Gasteiger partial charge < -0.3 is 14.4 Å². The van der Waals surface area contributed by atoms with E-state index in [1.807, 2.05) is 35.2 Å². The SMILES string of the molecule is O=C1C[C@@H](C(=O)N2CCN(CCOc3ccccc3)CC2)C2(CCCC2)O1. The molecule has 1 aromatic rings. The zero-order valence-electron chi connectivity index (χ0n) is 15.8. The zero-order chi connectivity index (χ0) is 18.7. The van der Waals surface area contributed by atoms with Crippen LogP contribution in [0.4, 0.5) is 0 Å². The molecule has 1 amide bonds. The van der Waals surface area contributed by atoms with Gasteiger partial charge in [0.2, 0.25) is 5.91 Å². The molecule has 146 valence electrons. The summed E-state index contributed by atoms with van der Waals surface area (Å²) < 4.78 is 11.4. The van der Waals surface area contributed by atoms with E-state index in [0.29, 0.717) is 19.7 Å². The summed E-state index contributed by atoms with van der Waals surface area (Å²) >= 11 is 0. The highest BCUT2D eigenvalue weighted by Crippen LogP contribution is 2.46. The molecule has 0 N–H and O–H groups in total. The molecule has 27 heavy (non-hydrogen) atoms. The fourth-order valence-electron chi connectivity index (χ4n) is 4.65. The maximum Gasteiger partial charge on any atom is 0.307 e. The Morgan fingerprint density at radius 2 is 1.81 bits per heavy atom. The summed E-state index contributed by atoms with van der Waals surface area (Å²) in [6, 6.07) is 9.82. The molecule has 0 radical (unpaired) electrons. The zero-order valence-corrected chi connectivity index (χ0v) is 15.8. The van der Waals surface area contributed by atoms with E-state index in [1.54, 1.807) is 0 Å². The lowest BCUT2D eigenvalue weighted by Crippen LogP contribution is -2.53. The van der Waals surface area contributed by atoms with Crippen molar-refractivity contribution in [3.05, 3.63) is 30.3 Å². The van der Waals surface area contributed by atoms with Crippen LogP contribution < -0.4 is 4.74 Å². The Morgan fingerprint density at radius 3 is 2.52 bits per heavy atom. The average Bonchev–Trinajstić information content (AvgIpc) is 3.29. The molecular weight excluding hydrogens is 344 g/mol. The van der Waals surface area contributed by atoms with Crippen molar-refractivity contribution in [2.75, 3.05) is 39.3 Å². The Morgan fingerprint density at radius 1 is 1.11 bits per heavy atom. The van der Waals surface area contributed by atoms with E-state index in [0.717, 1.165) is 51.1 Å². The Hall–Kier alpha value is -2.08. The molecule has 1 aromatic carbocycles. The third kappa shape index (κ3) is 3.95. The highest BCUT2D eigenvalue weighted by molar-refractivity contribution is 5.88. The molecule has 1 aliphatic carbocycles. The molecule has 3 fully saturated rings. The summed E-state index contributed by atoms with van der Waals surface area (Å²) in [5, 5.41) is 0. The second kappa shape index (κ2) is 7.89. The van der Waals surface area contributed by atoms with Gasteiger partial charge in [0.1, 0.15) is 18.0 Å². The van der Waals surface area contributed by atoms with Gasteiger partial charge in [-0.15, -0.1) is 0 Å². The van der Waals surface area contributed by atoms with Crippen molar-refractivity contribution in [1.82, 2.24) is 9.80 Å². The van der Waals surface area contributed by atoms with E-state index in [9.17, 15) is 9.59 Å². The van der Waals surface area contributed by atoms with Gasteiger partial charge in [-0.05, 0) is 37.8 Å². The second-order valence-electron chi connectivity index (χ2n) is 7.83. The number of hydrogen-bond donors (Lipinski definition) is 0. The van der Waals surface area contributed by atoms with Gasteiger partial charge >= 0.3 is 5.97 Å². The van der Waals surface area contributed by atoms with Crippen molar-refractivity contribution >= 4 is 11.9 Å². The lowest BCUT2D eigenvalue weighted by molar-refractivity contribution is -0.152. The Kier molecular flexibility index (Phi) is 5.34. The van der Waals surface area contributed by atoms with Crippen molar-refractivity contribution in [2.45, 2.75) is 37.7 Å². The summed E-state index contributed by atoms with van der Waals surface area (Å²) in [5.74, 6) is 0.523. The van der Waals surface area contributed by atoms with Gasteiger partial charge in [0.25, 0.3) is 0 Å². The summed E-state index contributed by atoms with van der Waals surface area (Å²) in [6.07, 6.45) is 4.03. The number of carbonyl (C=O) groups is 2. The van der Waals surface area contributed by atoms with E-state index in [2.05, 4.69) is 4.90 Å². The van der Waals surface area contributed by atoms with E-state index in [1.165, 1.54) is 0 Å². The molecule has 6 nitrogen and oxygen atoms in total. The first-order chi connectivity index (χ1) is 13.2. The highest BCUT2D eigenvalue weighted by Gasteiger charge is 2.54. The maximum absolute atomic E-state index is 13.1. The molecule has 0 aromatic heterocycles. The fraction of sp³-hybridized carbons (Fsp3) is 0.619. The van der Waals surface area contributed by atoms with Crippen LogP contribution >= 0.6 is 0 Å². The van der Waals surface area contributed by atoms with Crippen LogP contribution in [0.25, 0.3) is 0 Å². The number of ether oxygens (including phenoxy) is 2. The first-order valence-corrected chi connectivity index (χ1v) is 10.1. The number of piperazine rings is 1. The van der Waals surface area contributed by atoms with Crippen LogP contribution in [-0.2, 0) is 14.3 Å². The van der Waals surface area contributed by atoms with Crippen molar-refractivity contribution in [1.29, 1.82) is 0 Å². The predicted molar refractivity (Wildman–Crippen MR) is 100 cm³/mol. The molecule has 0 unspecified atom stereocenters. The van der Waals surface area contributed by atoms with Crippen LogP contribution in [-0.4, -0.2) is 66.6 Å². The quantitative estimate of drug-likeness (QED) is 0.741. The van der Waals surface area contributed by atoms with Crippen molar-refractivity contribution in [3.8, 4) is 5.75 Å².